The van der Waals surface area contributed by atoms with Gasteiger partial charge in [0.1, 0.15) is 0 Å². The van der Waals surface area contributed by atoms with Gasteiger partial charge in [-0.15, -0.1) is 0 Å². The summed E-state index contributed by atoms with van der Waals surface area (Å²) < 4.78 is 0.990. The van der Waals surface area contributed by atoms with Crippen molar-refractivity contribution < 1.29 is 4.79 Å². The fourth-order valence-electron chi connectivity index (χ4n) is 1.81. The number of amides is 1. The van der Waals surface area contributed by atoms with Crippen molar-refractivity contribution in [3.8, 4) is 0 Å². The van der Waals surface area contributed by atoms with Crippen LogP contribution in [0, 0.1) is 0 Å². The summed E-state index contributed by atoms with van der Waals surface area (Å²) in [6.45, 7) is 1.95. The largest absolute Gasteiger partial charge is 0.346 e. The molecule has 1 atom stereocenters. The van der Waals surface area contributed by atoms with E-state index in [9.17, 15) is 4.79 Å². The highest BCUT2D eigenvalue weighted by Gasteiger charge is 2.09. The predicted molar refractivity (Wildman–Crippen MR) is 84.0 cm³/mol. The van der Waals surface area contributed by atoms with Gasteiger partial charge in [-0.2, -0.15) is 0 Å². The molecule has 0 aliphatic carbocycles. The number of benzene rings is 1. The minimum Gasteiger partial charge on any atom is -0.346 e. The molecular weight excluding hydrogens is 316 g/mol. The number of aromatic nitrogens is 1. The number of nitrogens with one attached hydrogen (secondary N) is 1. The maximum Gasteiger partial charge on any atom is 0.244 e. The van der Waals surface area contributed by atoms with E-state index in [1.807, 2.05) is 43.3 Å². The molecule has 0 aliphatic rings. The van der Waals surface area contributed by atoms with Crippen LogP contribution in [0.3, 0.4) is 0 Å². The molecule has 1 N–H and O–H groups in total. The zero-order valence-electron chi connectivity index (χ0n) is 11.1. The third-order valence-electron chi connectivity index (χ3n) is 2.84. The second-order valence-electron chi connectivity index (χ2n) is 4.37. The molecule has 0 fully saturated rings. The van der Waals surface area contributed by atoms with Gasteiger partial charge in [0.2, 0.25) is 5.91 Å². The summed E-state index contributed by atoms with van der Waals surface area (Å²) in [6, 6.07) is 11.5. The van der Waals surface area contributed by atoms with Gasteiger partial charge in [-0.1, -0.05) is 40.2 Å². The first-order valence-electron chi connectivity index (χ1n) is 6.30. The Labute approximate surface area is 126 Å². The molecular formula is C16H15BrN2O. The molecule has 0 bridgehead atoms. The summed E-state index contributed by atoms with van der Waals surface area (Å²) in [4.78, 5) is 15.9. The molecule has 0 saturated carbocycles. The Morgan fingerprint density at radius 2 is 2.10 bits per heavy atom. The zero-order valence-corrected chi connectivity index (χ0v) is 12.7. The second kappa shape index (κ2) is 7.01. The Bertz CT molecular complexity index is 611. The lowest BCUT2D eigenvalue weighted by atomic mass is 10.1. The molecule has 3 nitrogen and oxygen atoms in total. The summed E-state index contributed by atoms with van der Waals surface area (Å²) in [6.07, 6.45) is 6.67. The zero-order chi connectivity index (χ0) is 14.4. The average molecular weight is 331 g/mol. The number of rotatable bonds is 4. The van der Waals surface area contributed by atoms with E-state index in [0.717, 1.165) is 15.6 Å². The summed E-state index contributed by atoms with van der Waals surface area (Å²) in [5, 5.41) is 2.93. The molecule has 2 rings (SSSR count). The molecule has 102 valence electrons. The highest BCUT2D eigenvalue weighted by molar-refractivity contribution is 9.10. The molecule has 0 aliphatic heterocycles. The van der Waals surface area contributed by atoms with Gasteiger partial charge in [0.15, 0.2) is 0 Å². The monoisotopic (exact) mass is 330 g/mol. The Morgan fingerprint density at radius 3 is 2.80 bits per heavy atom. The van der Waals surface area contributed by atoms with E-state index >= 15 is 0 Å². The molecule has 1 heterocycles. The van der Waals surface area contributed by atoms with Crippen molar-refractivity contribution in [1.29, 1.82) is 0 Å². The van der Waals surface area contributed by atoms with Crippen LogP contribution in [0.15, 0.2) is 59.3 Å². The molecule has 2 aromatic rings. The number of hydrogen-bond acceptors (Lipinski definition) is 2. The molecule has 1 amide bonds. The van der Waals surface area contributed by atoms with Crippen LogP contribution in [0.2, 0.25) is 0 Å². The van der Waals surface area contributed by atoms with Gasteiger partial charge in [0, 0.05) is 22.9 Å². The fraction of sp³-hybridized carbons (Fsp3) is 0.125. The highest BCUT2D eigenvalue weighted by atomic mass is 79.9. The number of nitrogens with zero attached hydrogens (tertiary/aromatic N) is 1. The van der Waals surface area contributed by atoms with Crippen LogP contribution in [0.25, 0.3) is 6.08 Å². The standard InChI is InChI=1S/C16H15BrN2O/c1-12(14-6-2-3-7-15(14)17)19-16(20)9-8-13-5-4-10-18-11-13/h2-12H,1H3,(H,19,20)/b9-8+. The van der Waals surface area contributed by atoms with Crippen LogP contribution in [-0.2, 0) is 4.79 Å². The molecule has 4 heteroatoms. The molecule has 0 saturated heterocycles. The van der Waals surface area contributed by atoms with E-state index in [4.69, 9.17) is 0 Å². The molecule has 0 spiro atoms. The first-order valence-corrected chi connectivity index (χ1v) is 7.09. The lowest BCUT2D eigenvalue weighted by Crippen LogP contribution is -2.24. The Kier molecular flexibility index (Phi) is 5.07. The Hall–Kier alpha value is -1.94. The van der Waals surface area contributed by atoms with Crippen LogP contribution in [0.5, 0.6) is 0 Å². The lowest BCUT2D eigenvalue weighted by molar-refractivity contribution is -0.117. The minimum atomic E-state index is -0.128. The van der Waals surface area contributed by atoms with Gasteiger partial charge in [0.25, 0.3) is 0 Å². The van der Waals surface area contributed by atoms with E-state index in [0.29, 0.717) is 0 Å². The third-order valence-corrected chi connectivity index (χ3v) is 3.56. The number of carbonyl (C=O) groups excluding carboxylic acids is 1. The maximum atomic E-state index is 11.9. The normalized spacial score (nSPS) is 12.3. The average Bonchev–Trinajstić information content (AvgIpc) is 2.46. The molecule has 20 heavy (non-hydrogen) atoms. The minimum absolute atomic E-state index is 0.0587. The van der Waals surface area contributed by atoms with Crippen molar-refractivity contribution >= 4 is 27.9 Å². The van der Waals surface area contributed by atoms with Crippen molar-refractivity contribution in [2.45, 2.75) is 13.0 Å². The van der Waals surface area contributed by atoms with Crippen molar-refractivity contribution in [2.24, 2.45) is 0 Å². The summed E-state index contributed by atoms with van der Waals surface area (Å²) in [7, 11) is 0. The quantitative estimate of drug-likeness (QED) is 0.868. The van der Waals surface area contributed by atoms with Crippen LogP contribution < -0.4 is 5.32 Å². The lowest BCUT2D eigenvalue weighted by Gasteiger charge is -2.14. The highest BCUT2D eigenvalue weighted by Crippen LogP contribution is 2.22. The number of halogens is 1. The van der Waals surface area contributed by atoms with E-state index in [1.165, 1.54) is 6.08 Å². The van der Waals surface area contributed by atoms with Gasteiger partial charge in [-0.3, -0.25) is 9.78 Å². The summed E-state index contributed by atoms with van der Waals surface area (Å²) in [5.74, 6) is -0.128. The number of pyridine rings is 1. The van der Waals surface area contributed by atoms with E-state index < -0.39 is 0 Å². The van der Waals surface area contributed by atoms with E-state index in [-0.39, 0.29) is 11.9 Å². The first kappa shape index (κ1) is 14.5. The molecule has 1 aromatic carbocycles. The fourth-order valence-corrected chi connectivity index (χ4v) is 2.44. The van der Waals surface area contributed by atoms with Crippen molar-refractivity contribution in [3.05, 3.63) is 70.5 Å². The molecule has 0 radical (unpaired) electrons. The SMILES string of the molecule is CC(NC(=O)/C=C/c1cccnc1)c1ccccc1Br. The van der Waals surface area contributed by atoms with Crippen LogP contribution in [0.4, 0.5) is 0 Å². The van der Waals surface area contributed by atoms with E-state index in [2.05, 4.69) is 26.2 Å². The smallest absolute Gasteiger partial charge is 0.244 e. The second-order valence-corrected chi connectivity index (χ2v) is 5.23. The van der Waals surface area contributed by atoms with Crippen molar-refractivity contribution in [3.63, 3.8) is 0 Å². The summed E-state index contributed by atoms with van der Waals surface area (Å²) in [5.41, 5.74) is 1.95. The van der Waals surface area contributed by atoms with Gasteiger partial charge in [-0.05, 0) is 36.3 Å². The van der Waals surface area contributed by atoms with Crippen LogP contribution in [-0.4, -0.2) is 10.9 Å². The topological polar surface area (TPSA) is 42.0 Å². The van der Waals surface area contributed by atoms with Gasteiger partial charge in [-0.25, -0.2) is 0 Å². The predicted octanol–water partition coefficient (Wildman–Crippen LogP) is 3.73. The maximum absolute atomic E-state index is 11.9. The Balaban J connectivity index is 1.98. The van der Waals surface area contributed by atoms with Crippen LogP contribution >= 0.6 is 15.9 Å². The molecule has 1 aromatic heterocycles. The van der Waals surface area contributed by atoms with Crippen molar-refractivity contribution in [1.82, 2.24) is 10.3 Å². The number of carbonyl (C=O) groups is 1. The van der Waals surface area contributed by atoms with Gasteiger partial charge in [0.05, 0.1) is 6.04 Å². The first-order chi connectivity index (χ1) is 9.66. The number of hydrogen-bond donors (Lipinski definition) is 1. The van der Waals surface area contributed by atoms with Gasteiger partial charge >= 0.3 is 0 Å². The van der Waals surface area contributed by atoms with Gasteiger partial charge < -0.3 is 5.32 Å². The Morgan fingerprint density at radius 1 is 1.30 bits per heavy atom. The van der Waals surface area contributed by atoms with Crippen molar-refractivity contribution in [2.75, 3.05) is 0 Å². The summed E-state index contributed by atoms with van der Waals surface area (Å²) >= 11 is 3.48. The third kappa shape index (κ3) is 4.03. The van der Waals surface area contributed by atoms with E-state index in [1.54, 1.807) is 18.5 Å². The van der Waals surface area contributed by atoms with Crippen LogP contribution in [0.1, 0.15) is 24.1 Å². The molecule has 1 unspecified atom stereocenters.